The molecule has 1 aromatic heterocycles. The molecule has 1 saturated carbocycles. The summed E-state index contributed by atoms with van der Waals surface area (Å²) in [4.78, 5) is 22.6. The average molecular weight is 196 g/mol. The number of nitrogens with one attached hydrogen (secondary N) is 1. The SMILES string of the molecule is CCOC(=O)c1cn(C2CC2)[nH]c1=O. The lowest BCUT2D eigenvalue weighted by atomic mass is 10.4. The number of hydrogen-bond acceptors (Lipinski definition) is 3. The van der Waals surface area contributed by atoms with Crippen molar-refractivity contribution in [3.8, 4) is 0 Å². The lowest BCUT2D eigenvalue weighted by Crippen LogP contribution is -2.14. The number of H-pyrrole nitrogens is 1. The number of rotatable bonds is 3. The third-order valence-electron chi connectivity index (χ3n) is 2.18. The summed E-state index contributed by atoms with van der Waals surface area (Å²) in [5.41, 5.74) is -0.269. The number of carbonyl (C=O) groups is 1. The third-order valence-corrected chi connectivity index (χ3v) is 2.18. The zero-order chi connectivity index (χ0) is 10.1. The highest BCUT2D eigenvalue weighted by atomic mass is 16.5. The molecule has 5 nitrogen and oxygen atoms in total. The quantitative estimate of drug-likeness (QED) is 0.723. The molecule has 0 aliphatic heterocycles. The van der Waals surface area contributed by atoms with Crippen molar-refractivity contribution < 1.29 is 9.53 Å². The summed E-state index contributed by atoms with van der Waals surface area (Å²) < 4.78 is 6.44. The molecule has 2 rings (SSSR count). The molecule has 5 heteroatoms. The van der Waals surface area contributed by atoms with Crippen molar-refractivity contribution in [2.45, 2.75) is 25.8 Å². The zero-order valence-electron chi connectivity index (χ0n) is 7.95. The normalized spacial score (nSPS) is 15.5. The Morgan fingerprint density at radius 3 is 3.00 bits per heavy atom. The summed E-state index contributed by atoms with van der Waals surface area (Å²) in [7, 11) is 0. The predicted octanol–water partition coefficient (Wildman–Crippen LogP) is 0.688. The van der Waals surface area contributed by atoms with E-state index in [-0.39, 0.29) is 17.7 Å². The van der Waals surface area contributed by atoms with Gasteiger partial charge in [-0.25, -0.2) is 4.79 Å². The molecule has 14 heavy (non-hydrogen) atoms. The van der Waals surface area contributed by atoms with Gasteiger partial charge in [0.2, 0.25) is 0 Å². The maximum Gasteiger partial charge on any atom is 0.345 e. The van der Waals surface area contributed by atoms with Crippen LogP contribution in [0.1, 0.15) is 36.2 Å². The van der Waals surface area contributed by atoms with Crippen LogP contribution in [0.25, 0.3) is 0 Å². The highest BCUT2D eigenvalue weighted by molar-refractivity contribution is 5.88. The fourth-order valence-electron chi connectivity index (χ4n) is 1.31. The smallest absolute Gasteiger partial charge is 0.345 e. The van der Waals surface area contributed by atoms with Crippen molar-refractivity contribution in [1.82, 2.24) is 9.78 Å². The van der Waals surface area contributed by atoms with Gasteiger partial charge in [0.25, 0.3) is 5.56 Å². The van der Waals surface area contributed by atoms with Gasteiger partial charge in [-0.05, 0) is 19.8 Å². The molecule has 0 spiro atoms. The summed E-state index contributed by atoms with van der Waals surface area (Å²) in [6, 6.07) is 0.367. The molecule has 1 heterocycles. The van der Waals surface area contributed by atoms with Gasteiger partial charge in [-0.3, -0.25) is 14.6 Å². The maximum atomic E-state index is 11.3. The van der Waals surface area contributed by atoms with Gasteiger partial charge in [-0.1, -0.05) is 0 Å². The molecule has 0 aromatic carbocycles. The van der Waals surface area contributed by atoms with Crippen LogP contribution < -0.4 is 5.56 Å². The first kappa shape index (κ1) is 9.05. The van der Waals surface area contributed by atoms with E-state index in [4.69, 9.17) is 4.74 Å². The van der Waals surface area contributed by atoms with E-state index in [1.54, 1.807) is 11.6 Å². The largest absolute Gasteiger partial charge is 0.462 e. The fourth-order valence-corrected chi connectivity index (χ4v) is 1.31. The third kappa shape index (κ3) is 1.57. The second-order valence-corrected chi connectivity index (χ2v) is 3.34. The second-order valence-electron chi connectivity index (χ2n) is 3.34. The number of ether oxygens (including phenoxy) is 1. The summed E-state index contributed by atoms with van der Waals surface area (Å²) >= 11 is 0. The van der Waals surface area contributed by atoms with E-state index >= 15 is 0 Å². The number of aromatic nitrogens is 2. The molecule has 0 amide bonds. The summed E-state index contributed by atoms with van der Waals surface area (Å²) in [6.07, 6.45) is 3.66. The molecule has 0 saturated heterocycles. The lowest BCUT2D eigenvalue weighted by Gasteiger charge is -1.96. The van der Waals surface area contributed by atoms with Gasteiger partial charge >= 0.3 is 5.97 Å². The number of hydrogen-bond donors (Lipinski definition) is 1. The Kier molecular flexibility index (Phi) is 2.15. The summed E-state index contributed by atoms with van der Waals surface area (Å²) in [5.74, 6) is -0.548. The van der Waals surface area contributed by atoms with Crippen molar-refractivity contribution in [2.75, 3.05) is 6.61 Å². The first-order valence-corrected chi connectivity index (χ1v) is 4.70. The monoisotopic (exact) mass is 196 g/mol. The molecule has 1 aliphatic rings. The Hall–Kier alpha value is -1.52. The average Bonchev–Trinajstić information content (AvgIpc) is 2.91. The van der Waals surface area contributed by atoms with Crippen LogP contribution >= 0.6 is 0 Å². The van der Waals surface area contributed by atoms with Crippen LogP contribution in [0, 0.1) is 0 Å². The standard InChI is InChI=1S/C9H12N2O3/c1-2-14-9(13)7-5-11(6-3-4-6)10-8(7)12/h5-6H,2-4H2,1H3,(H,10,12). The molecule has 0 bridgehead atoms. The molecular weight excluding hydrogens is 184 g/mol. The van der Waals surface area contributed by atoms with E-state index in [0.29, 0.717) is 6.04 Å². The van der Waals surface area contributed by atoms with Crippen molar-refractivity contribution in [2.24, 2.45) is 0 Å². The number of esters is 1. The van der Waals surface area contributed by atoms with Crippen molar-refractivity contribution in [3.63, 3.8) is 0 Å². The van der Waals surface area contributed by atoms with Crippen LogP contribution in [0.5, 0.6) is 0 Å². The van der Waals surface area contributed by atoms with Crippen molar-refractivity contribution in [3.05, 3.63) is 22.1 Å². The molecule has 1 fully saturated rings. The minimum absolute atomic E-state index is 0.0961. The van der Waals surface area contributed by atoms with Crippen molar-refractivity contribution >= 4 is 5.97 Å². The summed E-state index contributed by atoms with van der Waals surface area (Å²) in [6.45, 7) is 2.00. The Bertz CT molecular complexity index is 400. The molecule has 0 radical (unpaired) electrons. The Morgan fingerprint density at radius 1 is 1.71 bits per heavy atom. The number of nitrogens with zero attached hydrogens (tertiary/aromatic N) is 1. The van der Waals surface area contributed by atoms with Crippen LogP contribution in [-0.2, 0) is 4.74 Å². The van der Waals surface area contributed by atoms with E-state index in [1.165, 1.54) is 6.20 Å². The second kappa shape index (κ2) is 3.32. The van der Waals surface area contributed by atoms with Gasteiger partial charge in [0.1, 0.15) is 5.56 Å². The van der Waals surface area contributed by atoms with Gasteiger partial charge in [-0.2, -0.15) is 0 Å². The van der Waals surface area contributed by atoms with Crippen LogP contribution in [0.3, 0.4) is 0 Å². The Labute approximate surface area is 80.7 Å². The van der Waals surface area contributed by atoms with E-state index in [1.807, 2.05) is 0 Å². The van der Waals surface area contributed by atoms with E-state index in [2.05, 4.69) is 5.10 Å². The highest BCUT2D eigenvalue weighted by Crippen LogP contribution is 2.33. The predicted molar refractivity (Wildman–Crippen MR) is 49.3 cm³/mol. The topological polar surface area (TPSA) is 64.1 Å². The first-order chi connectivity index (χ1) is 6.72. The first-order valence-electron chi connectivity index (χ1n) is 4.70. The zero-order valence-corrected chi connectivity index (χ0v) is 7.95. The molecule has 0 unspecified atom stereocenters. The molecule has 1 N–H and O–H groups in total. The van der Waals surface area contributed by atoms with Crippen molar-refractivity contribution in [1.29, 1.82) is 0 Å². The van der Waals surface area contributed by atoms with E-state index < -0.39 is 5.97 Å². The van der Waals surface area contributed by atoms with Gasteiger partial charge in [0, 0.05) is 12.2 Å². The minimum atomic E-state index is -0.548. The van der Waals surface area contributed by atoms with Crippen LogP contribution in [0.4, 0.5) is 0 Å². The minimum Gasteiger partial charge on any atom is -0.462 e. The van der Waals surface area contributed by atoms with Gasteiger partial charge in [0.15, 0.2) is 0 Å². The maximum absolute atomic E-state index is 11.3. The van der Waals surface area contributed by atoms with Gasteiger partial charge in [0.05, 0.1) is 6.61 Å². The molecule has 0 atom stereocenters. The van der Waals surface area contributed by atoms with Crippen LogP contribution in [0.15, 0.2) is 11.0 Å². The summed E-state index contributed by atoms with van der Waals surface area (Å²) in [5, 5.41) is 2.61. The Morgan fingerprint density at radius 2 is 2.43 bits per heavy atom. The van der Waals surface area contributed by atoms with E-state index in [9.17, 15) is 9.59 Å². The number of carbonyl (C=O) groups excluding carboxylic acids is 1. The van der Waals surface area contributed by atoms with Gasteiger partial charge < -0.3 is 4.74 Å². The molecular formula is C9H12N2O3. The highest BCUT2D eigenvalue weighted by Gasteiger charge is 2.26. The van der Waals surface area contributed by atoms with Crippen LogP contribution in [-0.4, -0.2) is 22.4 Å². The number of aromatic amines is 1. The fraction of sp³-hybridized carbons (Fsp3) is 0.556. The van der Waals surface area contributed by atoms with E-state index in [0.717, 1.165) is 12.8 Å². The Balaban J connectivity index is 2.24. The lowest BCUT2D eigenvalue weighted by molar-refractivity contribution is 0.0525. The molecule has 76 valence electrons. The van der Waals surface area contributed by atoms with Gasteiger partial charge in [-0.15, -0.1) is 0 Å². The van der Waals surface area contributed by atoms with Crippen LogP contribution in [0.2, 0.25) is 0 Å². The molecule has 1 aromatic rings. The molecule has 1 aliphatic carbocycles.